The smallest absolute Gasteiger partial charge is 0.441 e. The molecule has 0 amide bonds. The zero-order valence-electron chi connectivity index (χ0n) is 15.5. The topological polar surface area (TPSA) is 26.3 Å². The lowest BCUT2D eigenvalue weighted by Crippen LogP contribution is -2.90. The van der Waals surface area contributed by atoms with Crippen molar-refractivity contribution in [3.63, 3.8) is 0 Å². The molecule has 0 rings (SSSR count). The van der Waals surface area contributed by atoms with Crippen LogP contribution in [0.5, 0.6) is 0 Å². The summed E-state index contributed by atoms with van der Waals surface area (Å²) in [5.41, 5.74) is -28.6. The molecule has 0 fully saturated rings. The van der Waals surface area contributed by atoms with Crippen LogP contribution in [0.15, 0.2) is 12.7 Å². The first-order chi connectivity index (χ1) is 15.2. The maximum Gasteiger partial charge on any atom is 0.460 e. The first-order valence-corrected chi connectivity index (χ1v) is 7.53. The van der Waals surface area contributed by atoms with Crippen molar-refractivity contribution in [1.82, 2.24) is 0 Å². The van der Waals surface area contributed by atoms with Crippen LogP contribution < -0.4 is 0 Å². The van der Waals surface area contributed by atoms with Gasteiger partial charge in [-0.3, -0.25) is 0 Å². The van der Waals surface area contributed by atoms with Crippen LogP contribution >= 0.6 is 0 Å². The van der Waals surface area contributed by atoms with Gasteiger partial charge in [0.2, 0.25) is 0 Å². The van der Waals surface area contributed by atoms with Crippen molar-refractivity contribution in [3.8, 4) is 0 Å². The van der Waals surface area contributed by atoms with E-state index in [0.717, 1.165) is 0 Å². The zero-order valence-corrected chi connectivity index (χ0v) is 15.5. The average Bonchev–Trinajstić information content (AvgIpc) is 2.59. The summed E-state index contributed by atoms with van der Waals surface area (Å²) in [7, 11) is 0. The van der Waals surface area contributed by atoms with Gasteiger partial charge in [-0.15, -0.1) is 0 Å². The number of carbonyl (C=O) groups is 1. The van der Waals surface area contributed by atoms with Gasteiger partial charge in [-0.25, -0.2) is 13.6 Å². The summed E-state index contributed by atoms with van der Waals surface area (Å²) in [5, 5.41) is 0. The summed E-state index contributed by atoms with van der Waals surface area (Å²) in [6.07, 6.45) is -45.4. The summed E-state index contributed by atoms with van der Waals surface area (Å²) in [6, 6.07) is 0. The summed E-state index contributed by atoms with van der Waals surface area (Å²) in [5.74, 6) is -22.6. The van der Waals surface area contributed by atoms with Gasteiger partial charge in [-0.1, -0.05) is 6.58 Å². The molecule has 0 aromatic rings. The lowest BCUT2D eigenvalue weighted by molar-refractivity contribution is -0.508. The Balaban J connectivity index is 9.10. The Kier molecular flexibility index (Phi) is 7.85. The van der Waals surface area contributed by atoms with E-state index in [2.05, 4.69) is 0 Å². The minimum Gasteiger partial charge on any atom is -0.441 e. The number of ether oxygens (including phenoxy) is 1. The molecule has 0 radical (unpaired) electrons. The third kappa shape index (κ3) is 4.08. The Morgan fingerprint density at radius 1 is 0.472 bits per heavy atom. The fraction of sp³-hybridized carbons (Fsp3) is 0.769. The van der Waals surface area contributed by atoms with Gasteiger partial charge in [-0.2, -0.15) is 83.4 Å². The molecule has 2 nitrogen and oxygen atoms in total. The lowest BCUT2D eigenvalue weighted by atomic mass is 9.64. The SMILES string of the molecule is C=CC(=O)OC(C(F)(F)C(F)(F)C(F)(F)F)(C(F)(C(F)(F)F)C(F)(F)F)C(F)(C(F)(F)F)C(F)(F)F. The molecule has 0 aromatic carbocycles. The maximum absolute atomic E-state index is 14.6. The van der Waals surface area contributed by atoms with E-state index in [1.165, 1.54) is 0 Å². The number of esters is 1. The molecule has 0 aliphatic rings. The molecule has 0 saturated heterocycles. The molecule has 0 N–H and O–H groups in total. The van der Waals surface area contributed by atoms with Crippen LogP contribution in [0.3, 0.4) is 0 Å². The van der Waals surface area contributed by atoms with E-state index in [1.807, 2.05) is 11.3 Å². The van der Waals surface area contributed by atoms with Crippen molar-refractivity contribution >= 4 is 5.97 Å². The first-order valence-electron chi connectivity index (χ1n) is 7.53. The molecular weight excluding hydrogens is 587 g/mol. The summed E-state index contributed by atoms with van der Waals surface area (Å²) in [4.78, 5) is 11.0. The number of halogens is 21. The predicted molar refractivity (Wildman–Crippen MR) is 66.9 cm³/mol. The van der Waals surface area contributed by atoms with E-state index in [1.54, 1.807) is 0 Å². The van der Waals surface area contributed by atoms with E-state index in [4.69, 9.17) is 0 Å². The molecule has 0 heterocycles. The van der Waals surface area contributed by atoms with Crippen molar-refractivity contribution in [2.75, 3.05) is 0 Å². The summed E-state index contributed by atoms with van der Waals surface area (Å²) >= 11 is 0. The van der Waals surface area contributed by atoms with Gasteiger partial charge >= 0.3 is 60.0 Å². The molecule has 0 aliphatic heterocycles. The van der Waals surface area contributed by atoms with Crippen molar-refractivity contribution in [2.24, 2.45) is 0 Å². The van der Waals surface area contributed by atoms with Crippen LogP contribution in [-0.4, -0.2) is 65.6 Å². The standard InChI is InChI=1S/C13H3F21O2/c1-2-3(35)36-6(4(14,9(20,21)22)10(23,24)25,5(15,11(26,27)28)12(29,30)31)7(16,17)8(18,19)13(32,33)34/h2H,1H2. The second-order valence-electron chi connectivity index (χ2n) is 6.26. The Morgan fingerprint density at radius 2 is 0.722 bits per heavy atom. The largest absolute Gasteiger partial charge is 0.460 e. The van der Waals surface area contributed by atoms with Gasteiger partial charge in [0.25, 0.3) is 5.60 Å². The normalized spacial score (nSPS) is 16.1. The van der Waals surface area contributed by atoms with Crippen molar-refractivity contribution in [3.05, 3.63) is 12.7 Å². The van der Waals surface area contributed by atoms with Crippen LogP contribution in [0.4, 0.5) is 92.2 Å². The predicted octanol–water partition coefficient (Wildman–Crippen LogP) is 6.95. The third-order valence-corrected chi connectivity index (χ3v) is 4.15. The monoisotopic (exact) mass is 590 g/mol. The van der Waals surface area contributed by atoms with Crippen molar-refractivity contribution in [2.45, 2.75) is 59.7 Å². The Labute approximate surface area is 181 Å². The number of hydrogen-bond donors (Lipinski definition) is 0. The highest BCUT2D eigenvalue weighted by Gasteiger charge is 3.06. The second kappa shape index (κ2) is 8.38. The molecule has 0 bridgehead atoms. The molecule has 23 heteroatoms. The highest BCUT2D eigenvalue weighted by molar-refractivity contribution is 5.82. The zero-order chi connectivity index (χ0) is 30.0. The Bertz CT molecular complexity index is 768. The van der Waals surface area contributed by atoms with Crippen molar-refractivity contribution in [1.29, 1.82) is 0 Å². The van der Waals surface area contributed by atoms with Crippen molar-refractivity contribution < 1.29 is 102 Å². The number of alkyl halides is 21. The third-order valence-electron chi connectivity index (χ3n) is 4.15. The quantitative estimate of drug-likeness (QED) is 0.190. The minimum atomic E-state index is -9.56. The summed E-state index contributed by atoms with van der Waals surface area (Å²) in [6.45, 7) is 1.85. The van der Waals surface area contributed by atoms with Gasteiger partial charge in [-0.05, 0) is 0 Å². The van der Waals surface area contributed by atoms with Gasteiger partial charge < -0.3 is 4.74 Å². The van der Waals surface area contributed by atoms with Gasteiger partial charge in [0, 0.05) is 6.08 Å². The summed E-state index contributed by atoms with van der Waals surface area (Å²) < 4.78 is 281. The fourth-order valence-corrected chi connectivity index (χ4v) is 2.59. The fourth-order valence-electron chi connectivity index (χ4n) is 2.59. The average molecular weight is 590 g/mol. The maximum atomic E-state index is 14.6. The van der Waals surface area contributed by atoms with E-state index in [0.29, 0.717) is 0 Å². The highest BCUT2D eigenvalue weighted by Crippen LogP contribution is 2.71. The molecule has 214 valence electrons. The molecule has 0 aliphatic carbocycles. The lowest BCUT2D eigenvalue weighted by Gasteiger charge is -2.55. The molecule has 0 spiro atoms. The Hall–Kier alpha value is -2.26. The molecular formula is C13H3F21O2. The van der Waals surface area contributed by atoms with Crippen LogP contribution in [0, 0.1) is 0 Å². The van der Waals surface area contributed by atoms with Gasteiger partial charge in [0.1, 0.15) is 0 Å². The minimum absolute atomic E-state index is 1.29. The van der Waals surface area contributed by atoms with Crippen LogP contribution in [0.1, 0.15) is 0 Å². The number of hydrogen-bond acceptors (Lipinski definition) is 2. The molecule has 0 saturated carbocycles. The molecule has 0 aromatic heterocycles. The highest BCUT2D eigenvalue weighted by atomic mass is 19.4. The van der Waals surface area contributed by atoms with Crippen LogP contribution in [0.25, 0.3) is 0 Å². The van der Waals surface area contributed by atoms with E-state index < -0.39 is 71.7 Å². The van der Waals surface area contributed by atoms with Crippen LogP contribution in [0.2, 0.25) is 0 Å². The van der Waals surface area contributed by atoms with E-state index >= 15 is 0 Å². The van der Waals surface area contributed by atoms with Gasteiger partial charge in [0.15, 0.2) is 0 Å². The molecule has 36 heavy (non-hydrogen) atoms. The molecule has 0 atom stereocenters. The Morgan fingerprint density at radius 3 is 0.889 bits per heavy atom. The van der Waals surface area contributed by atoms with E-state index in [-0.39, 0.29) is 0 Å². The number of carbonyl (C=O) groups excluding carboxylic acids is 1. The number of rotatable bonds is 6. The first kappa shape index (κ1) is 33.7. The van der Waals surface area contributed by atoms with Gasteiger partial charge in [0.05, 0.1) is 0 Å². The van der Waals surface area contributed by atoms with Crippen LogP contribution in [-0.2, 0) is 9.53 Å². The molecule has 0 unspecified atom stereocenters. The second-order valence-corrected chi connectivity index (χ2v) is 6.26. The van der Waals surface area contributed by atoms with E-state index in [9.17, 15) is 97.0 Å².